The van der Waals surface area contributed by atoms with Crippen molar-refractivity contribution in [1.29, 1.82) is 0 Å². The zero-order valence-electron chi connectivity index (χ0n) is 12.5. The number of benzene rings is 2. The highest BCUT2D eigenvalue weighted by molar-refractivity contribution is 9.10. The van der Waals surface area contributed by atoms with Gasteiger partial charge in [-0.15, -0.1) is 0 Å². The molecule has 0 aromatic heterocycles. The minimum atomic E-state index is 0.191. The maximum Gasteiger partial charge on any atom is 0.158 e. The number of hydrogen-bond acceptors (Lipinski definition) is 2. The highest BCUT2D eigenvalue weighted by Gasteiger charge is 2.22. The van der Waals surface area contributed by atoms with E-state index in [0.717, 1.165) is 22.3 Å². The average molecular weight is 356 g/mol. The summed E-state index contributed by atoms with van der Waals surface area (Å²) in [4.78, 5) is 12.0. The smallest absolute Gasteiger partial charge is 0.158 e. The van der Waals surface area contributed by atoms with Gasteiger partial charge in [-0.3, -0.25) is 4.79 Å². The van der Waals surface area contributed by atoms with Crippen LogP contribution in [0.2, 0.25) is 0 Å². The maximum absolute atomic E-state index is 12.0. The average Bonchev–Trinajstić information content (AvgIpc) is 2.51. The van der Waals surface area contributed by atoms with Gasteiger partial charge < -0.3 is 5.32 Å². The van der Waals surface area contributed by atoms with Gasteiger partial charge in [-0.1, -0.05) is 46.3 Å². The zero-order chi connectivity index (χ0) is 15.5. The van der Waals surface area contributed by atoms with Gasteiger partial charge in [0.2, 0.25) is 0 Å². The third-order valence-corrected chi connectivity index (χ3v) is 4.87. The van der Waals surface area contributed by atoms with Crippen molar-refractivity contribution in [3.05, 3.63) is 75.9 Å². The summed E-state index contributed by atoms with van der Waals surface area (Å²) >= 11 is 3.51. The normalized spacial score (nSPS) is 18.0. The zero-order valence-corrected chi connectivity index (χ0v) is 14.1. The molecule has 0 saturated heterocycles. The molecule has 0 spiro atoms. The number of nitrogens with one attached hydrogen (secondary N) is 1. The van der Waals surface area contributed by atoms with E-state index < -0.39 is 0 Å². The molecule has 3 rings (SSSR count). The Morgan fingerprint density at radius 2 is 1.86 bits per heavy atom. The van der Waals surface area contributed by atoms with E-state index in [1.54, 1.807) is 6.08 Å². The fraction of sp³-hybridized carbons (Fsp3) is 0.211. The van der Waals surface area contributed by atoms with Crippen molar-refractivity contribution in [2.75, 3.05) is 5.32 Å². The second-order valence-electron chi connectivity index (χ2n) is 5.74. The lowest BCUT2D eigenvalue weighted by molar-refractivity contribution is -0.115. The van der Waals surface area contributed by atoms with E-state index in [1.807, 2.05) is 30.3 Å². The lowest BCUT2D eigenvalue weighted by Gasteiger charge is -2.23. The van der Waals surface area contributed by atoms with Crippen LogP contribution in [-0.4, -0.2) is 5.78 Å². The van der Waals surface area contributed by atoms with Crippen LogP contribution in [0.25, 0.3) is 0 Å². The molecule has 1 N–H and O–H groups in total. The molecule has 0 amide bonds. The van der Waals surface area contributed by atoms with Crippen LogP contribution in [0, 0.1) is 6.92 Å². The van der Waals surface area contributed by atoms with Crippen LogP contribution in [0.15, 0.2) is 64.8 Å². The van der Waals surface area contributed by atoms with Gasteiger partial charge in [0.15, 0.2) is 5.78 Å². The van der Waals surface area contributed by atoms with E-state index in [9.17, 15) is 4.79 Å². The largest absolute Gasteiger partial charge is 0.359 e. The Bertz CT molecular complexity index is 721. The standard InChI is InChI=1S/C19H18BrNO/c1-13-9-16(7-8-19(13)20)21-17-10-15(11-18(22)12-17)14-5-3-2-4-6-14/h2-9,12,15,21H,10-11H2,1H3/t15-/m1/s1. The van der Waals surface area contributed by atoms with Gasteiger partial charge in [0.05, 0.1) is 0 Å². The van der Waals surface area contributed by atoms with Crippen molar-refractivity contribution in [2.45, 2.75) is 25.7 Å². The molecule has 1 aliphatic carbocycles. The molecule has 0 fully saturated rings. The van der Waals surface area contributed by atoms with Crippen LogP contribution in [0.5, 0.6) is 0 Å². The maximum atomic E-state index is 12.0. The Morgan fingerprint density at radius 1 is 1.09 bits per heavy atom. The van der Waals surface area contributed by atoms with E-state index in [2.05, 4.69) is 46.4 Å². The summed E-state index contributed by atoms with van der Waals surface area (Å²) in [6.45, 7) is 2.06. The number of allylic oxidation sites excluding steroid dienone is 2. The lowest BCUT2D eigenvalue weighted by atomic mass is 9.85. The summed E-state index contributed by atoms with van der Waals surface area (Å²) in [5.41, 5.74) is 4.42. The first-order valence-electron chi connectivity index (χ1n) is 7.43. The molecule has 1 atom stereocenters. The van der Waals surface area contributed by atoms with Crippen molar-refractivity contribution >= 4 is 27.4 Å². The summed E-state index contributed by atoms with van der Waals surface area (Å²) in [5, 5.41) is 3.40. The molecule has 2 nitrogen and oxygen atoms in total. The summed E-state index contributed by atoms with van der Waals surface area (Å²) < 4.78 is 1.09. The SMILES string of the molecule is Cc1cc(NC2=CC(=O)C[C@H](c3ccccc3)C2)ccc1Br. The van der Waals surface area contributed by atoms with Gasteiger partial charge in [0, 0.05) is 28.4 Å². The van der Waals surface area contributed by atoms with Gasteiger partial charge in [-0.05, 0) is 48.6 Å². The fourth-order valence-electron chi connectivity index (χ4n) is 2.85. The van der Waals surface area contributed by atoms with Gasteiger partial charge in [0.1, 0.15) is 0 Å². The van der Waals surface area contributed by atoms with Gasteiger partial charge in [-0.25, -0.2) is 0 Å². The van der Waals surface area contributed by atoms with Crippen LogP contribution in [0.4, 0.5) is 5.69 Å². The summed E-state index contributed by atoms with van der Waals surface area (Å²) in [5.74, 6) is 0.453. The number of ketones is 1. The highest BCUT2D eigenvalue weighted by Crippen LogP contribution is 2.32. The number of rotatable bonds is 3. The minimum absolute atomic E-state index is 0.191. The first-order chi connectivity index (χ1) is 10.6. The van der Waals surface area contributed by atoms with Crippen molar-refractivity contribution in [1.82, 2.24) is 0 Å². The van der Waals surface area contributed by atoms with Crippen LogP contribution < -0.4 is 5.32 Å². The minimum Gasteiger partial charge on any atom is -0.359 e. The number of halogens is 1. The van der Waals surface area contributed by atoms with Crippen LogP contribution >= 0.6 is 15.9 Å². The third kappa shape index (κ3) is 3.47. The Hall–Kier alpha value is -1.87. The third-order valence-electron chi connectivity index (χ3n) is 3.98. The van der Waals surface area contributed by atoms with E-state index in [0.29, 0.717) is 6.42 Å². The molecule has 0 aliphatic heterocycles. The summed E-state index contributed by atoms with van der Waals surface area (Å²) in [6, 6.07) is 16.4. The second kappa shape index (κ2) is 6.49. The molecule has 0 heterocycles. The van der Waals surface area contributed by atoms with E-state index in [-0.39, 0.29) is 11.7 Å². The number of anilines is 1. The molecule has 2 aromatic carbocycles. The summed E-state index contributed by atoms with van der Waals surface area (Å²) in [7, 11) is 0. The highest BCUT2D eigenvalue weighted by atomic mass is 79.9. The molecule has 112 valence electrons. The Morgan fingerprint density at radius 3 is 2.59 bits per heavy atom. The Kier molecular flexibility index (Phi) is 4.44. The predicted octanol–water partition coefficient (Wildman–Crippen LogP) is 5.20. The molecule has 0 bridgehead atoms. The molecule has 0 radical (unpaired) electrons. The predicted molar refractivity (Wildman–Crippen MR) is 94.0 cm³/mol. The second-order valence-corrected chi connectivity index (χ2v) is 6.60. The van der Waals surface area contributed by atoms with Crippen molar-refractivity contribution in [3.8, 4) is 0 Å². The molecule has 3 heteroatoms. The van der Waals surface area contributed by atoms with Crippen molar-refractivity contribution in [3.63, 3.8) is 0 Å². The molecule has 2 aromatic rings. The molecule has 1 aliphatic rings. The van der Waals surface area contributed by atoms with E-state index >= 15 is 0 Å². The van der Waals surface area contributed by atoms with Gasteiger partial charge >= 0.3 is 0 Å². The Balaban J connectivity index is 1.78. The number of carbonyl (C=O) groups excluding carboxylic acids is 1. The van der Waals surface area contributed by atoms with Gasteiger partial charge in [0.25, 0.3) is 0 Å². The van der Waals surface area contributed by atoms with Crippen molar-refractivity contribution < 1.29 is 4.79 Å². The van der Waals surface area contributed by atoms with Crippen LogP contribution in [-0.2, 0) is 4.79 Å². The monoisotopic (exact) mass is 355 g/mol. The fourth-order valence-corrected chi connectivity index (χ4v) is 3.10. The van der Waals surface area contributed by atoms with Gasteiger partial charge in [-0.2, -0.15) is 0 Å². The number of aryl methyl sites for hydroxylation is 1. The first kappa shape index (κ1) is 15.0. The van der Waals surface area contributed by atoms with E-state index in [1.165, 1.54) is 11.1 Å². The lowest BCUT2D eigenvalue weighted by Crippen LogP contribution is -2.16. The Labute approximate surface area is 139 Å². The number of hydrogen-bond donors (Lipinski definition) is 1. The van der Waals surface area contributed by atoms with Crippen LogP contribution in [0.1, 0.15) is 29.9 Å². The summed E-state index contributed by atoms with van der Waals surface area (Å²) in [6.07, 6.45) is 3.20. The van der Waals surface area contributed by atoms with Crippen LogP contribution in [0.3, 0.4) is 0 Å². The quantitative estimate of drug-likeness (QED) is 0.819. The van der Waals surface area contributed by atoms with Crippen molar-refractivity contribution in [2.24, 2.45) is 0 Å². The molecular weight excluding hydrogens is 338 g/mol. The number of carbonyl (C=O) groups is 1. The first-order valence-corrected chi connectivity index (χ1v) is 8.22. The topological polar surface area (TPSA) is 29.1 Å². The van der Waals surface area contributed by atoms with E-state index in [4.69, 9.17) is 0 Å². The molecule has 0 saturated carbocycles. The molecule has 22 heavy (non-hydrogen) atoms. The molecule has 0 unspecified atom stereocenters. The molecular formula is C19H18BrNO.